The minimum Gasteiger partial charge on any atom is -0.479 e. The van der Waals surface area contributed by atoms with Gasteiger partial charge in [-0.2, -0.15) is 0 Å². The lowest BCUT2D eigenvalue weighted by Crippen LogP contribution is -2.56. The topological polar surface area (TPSA) is 87.7 Å². The zero-order valence-corrected chi connectivity index (χ0v) is 12.5. The molecule has 2 rings (SSSR count). The molecule has 1 aromatic rings. The van der Waals surface area contributed by atoms with Crippen molar-refractivity contribution in [2.24, 2.45) is 0 Å². The summed E-state index contributed by atoms with van der Waals surface area (Å²) in [5.41, 5.74) is 0.148. The molecule has 0 spiro atoms. The minimum atomic E-state index is -1.34. The Labute approximate surface area is 124 Å². The van der Waals surface area contributed by atoms with Gasteiger partial charge in [0, 0.05) is 23.2 Å². The van der Waals surface area contributed by atoms with E-state index in [1.165, 1.54) is 0 Å². The molecular formula is C13H15BrN2O4. The number of urea groups is 1. The number of carboxylic acid groups (broad SMARTS) is 1. The number of ether oxygens (including phenoxy) is 1. The number of amides is 2. The Balaban J connectivity index is 2.09. The van der Waals surface area contributed by atoms with E-state index in [0.717, 1.165) is 10.0 Å². The third-order valence-electron chi connectivity index (χ3n) is 3.30. The first-order valence-corrected chi connectivity index (χ1v) is 6.89. The number of nitrogens with one attached hydrogen (secondary N) is 2. The third kappa shape index (κ3) is 2.94. The standard InChI is InChI=1S/C13H15BrN2O4/c1-8-9(14)3-2-4-10(8)15-12(19)16-13(11(17)18)5-6-20-7-13/h2-4H,5-7H2,1H3,(H,17,18)(H2,15,16,19). The summed E-state index contributed by atoms with van der Waals surface area (Å²) in [4.78, 5) is 23.3. The number of rotatable bonds is 3. The van der Waals surface area contributed by atoms with Crippen LogP contribution < -0.4 is 10.6 Å². The van der Waals surface area contributed by atoms with E-state index < -0.39 is 17.5 Å². The lowest BCUT2D eigenvalue weighted by atomic mass is 9.99. The van der Waals surface area contributed by atoms with Crippen LogP contribution in [0.3, 0.4) is 0 Å². The maximum atomic E-state index is 12.0. The molecule has 1 aliphatic rings. The van der Waals surface area contributed by atoms with E-state index in [1.54, 1.807) is 12.1 Å². The summed E-state index contributed by atoms with van der Waals surface area (Å²) >= 11 is 3.37. The van der Waals surface area contributed by atoms with Crippen molar-refractivity contribution in [3.8, 4) is 0 Å². The van der Waals surface area contributed by atoms with Crippen LogP contribution in [0.5, 0.6) is 0 Å². The van der Waals surface area contributed by atoms with Crippen LogP contribution >= 0.6 is 15.9 Å². The number of anilines is 1. The molecule has 1 atom stereocenters. The smallest absolute Gasteiger partial charge is 0.332 e. The predicted molar refractivity (Wildman–Crippen MR) is 76.8 cm³/mol. The average molecular weight is 343 g/mol. The van der Waals surface area contributed by atoms with Crippen LogP contribution in [0.2, 0.25) is 0 Å². The molecule has 7 heteroatoms. The zero-order chi connectivity index (χ0) is 14.8. The van der Waals surface area contributed by atoms with Crippen LogP contribution in [0.25, 0.3) is 0 Å². The van der Waals surface area contributed by atoms with Crippen molar-refractivity contribution >= 4 is 33.6 Å². The van der Waals surface area contributed by atoms with Gasteiger partial charge < -0.3 is 20.5 Å². The number of carbonyl (C=O) groups is 2. The maximum Gasteiger partial charge on any atom is 0.332 e. The van der Waals surface area contributed by atoms with Crippen molar-refractivity contribution in [2.75, 3.05) is 18.5 Å². The van der Waals surface area contributed by atoms with Gasteiger partial charge in [0.05, 0.1) is 6.61 Å². The van der Waals surface area contributed by atoms with Gasteiger partial charge in [0.1, 0.15) is 0 Å². The highest BCUT2D eigenvalue weighted by atomic mass is 79.9. The maximum absolute atomic E-state index is 12.0. The van der Waals surface area contributed by atoms with Crippen molar-refractivity contribution in [2.45, 2.75) is 18.9 Å². The molecule has 0 saturated carbocycles. The lowest BCUT2D eigenvalue weighted by molar-refractivity contribution is -0.144. The van der Waals surface area contributed by atoms with Crippen molar-refractivity contribution in [1.29, 1.82) is 0 Å². The molecule has 1 saturated heterocycles. The van der Waals surface area contributed by atoms with Gasteiger partial charge in [-0.3, -0.25) is 0 Å². The Bertz CT molecular complexity index is 541. The third-order valence-corrected chi connectivity index (χ3v) is 4.16. The molecule has 0 aliphatic carbocycles. The van der Waals surface area contributed by atoms with Gasteiger partial charge in [0.15, 0.2) is 5.54 Å². The van der Waals surface area contributed by atoms with Crippen LogP contribution in [-0.2, 0) is 9.53 Å². The van der Waals surface area contributed by atoms with Crippen LogP contribution in [0.4, 0.5) is 10.5 Å². The molecule has 0 bridgehead atoms. The molecule has 3 N–H and O–H groups in total. The van der Waals surface area contributed by atoms with E-state index in [4.69, 9.17) is 4.74 Å². The second kappa shape index (κ2) is 5.80. The first-order valence-electron chi connectivity index (χ1n) is 6.10. The molecule has 6 nitrogen and oxygen atoms in total. The van der Waals surface area contributed by atoms with Crippen molar-refractivity contribution in [3.05, 3.63) is 28.2 Å². The predicted octanol–water partition coefficient (Wildman–Crippen LogP) is 2.12. The lowest BCUT2D eigenvalue weighted by Gasteiger charge is -2.24. The fourth-order valence-electron chi connectivity index (χ4n) is 2.00. The summed E-state index contributed by atoms with van der Waals surface area (Å²) in [5.74, 6) is -1.09. The highest BCUT2D eigenvalue weighted by Crippen LogP contribution is 2.24. The zero-order valence-electron chi connectivity index (χ0n) is 10.9. The fourth-order valence-corrected chi connectivity index (χ4v) is 2.37. The highest BCUT2D eigenvalue weighted by Gasteiger charge is 2.44. The molecule has 108 valence electrons. The highest BCUT2D eigenvalue weighted by molar-refractivity contribution is 9.10. The van der Waals surface area contributed by atoms with Crippen LogP contribution in [0.1, 0.15) is 12.0 Å². The first-order chi connectivity index (χ1) is 9.44. The van der Waals surface area contributed by atoms with Gasteiger partial charge in [0.25, 0.3) is 0 Å². The van der Waals surface area contributed by atoms with Crippen LogP contribution in [0, 0.1) is 6.92 Å². The molecule has 1 heterocycles. The summed E-state index contributed by atoms with van der Waals surface area (Å²) in [6, 6.07) is 4.84. The van der Waals surface area contributed by atoms with E-state index in [-0.39, 0.29) is 13.0 Å². The molecule has 1 aliphatic heterocycles. The summed E-state index contributed by atoms with van der Waals surface area (Å²) in [5, 5.41) is 14.4. The molecule has 20 heavy (non-hydrogen) atoms. The Morgan fingerprint density at radius 3 is 2.80 bits per heavy atom. The Kier molecular flexibility index (Phi) is 4.29. The quantitative estimate of drug-likeness (QED) is 0.785. The summed E-state index contributed by atoms with van der Waals surface area (Å²) in [6.07, 6.45) is 0.257. The SMILES string of the molecule is Cc1c(Br)cccc1NC(=O)NC1(C(=O)O)CCOC1. The van der Waals surface area contributed by atoms with Crippen LogP contribution in [0.15, 0.2) is 22.7 Å². The van der Waals surface area contributed by atoms with Gasteiger partial charge in [-0.1, -0.05) is 22.0 Å². The molecule has 0 aromatic heterocycles. The van der Waals surface area contributed by atoms with Crippen molar-refractivity contribution < 1.29 is 19.4 Å². The number of halogens is 1. The fraction of sp³-hybridized carbons (Fsp3) is 0.385. The molecule has 1 fully saturated rings. The minimum absolute atomic E-state index is 0.0206. The summed E-state index contributed by atoms with van der Waals surface area (Å²) in [6.45, 7) is 2.15. The van der Waals surface area contributed by atoms with E-state index in [2.05, 4.69) is 26.6 Å². The number of benzene rings is 1. The molecule has 2 amide bonds. The number of hydrogen-bond donors (Lipinski definition) is 3. The monoisotopic (exact) mass is 342 g/mol. The Morgan fingerprint density at radius 2 is 2.20 bits per heavy atom. The number of carbonyl (C=O) groups excluding carboxylic acids is 1. The summed E-state index contributed by atoms with van der Waals surface area (Å²) < 4.78 is 5.95. The van der Waals surface area contributed by atoms with E-state index in [0.29, 0.717) is 12.3 Å². The number of carboxylic acids is 1. The number of hydrogen-bond acceptors (Lipinski definition) is 3. The normalized spacial score (nSPS) is 21.5. The molecule has 1 aromatic carbocycles. The van der Waals surface area contributed by atoms with E-state index in [9.17, 15) is 14.7 Å². The first kappa shape index (κ1) is 14.8. The molecule has 1 unspecified atom stereocenters. The van der Waals surface area contributed by atoms with Crippen molar-refractivity contribution in [1.82, 2.24) is 5.32 Å². The molecular weight excluding hydrogens is 328 g/mol. The second-order valence-corrected chi connectivity index (χ2v) is 5.54. The van der Waals surface area contributed by atoms with Crippen molar-refractivity contribution in [3.63, 3.8) is 0 Å². The summed E-state index contributed by atoms with van der Waals surface area (Å²) in [7, 11) is 0. The Morgan fingerprint density at radius 1 is 1.45 bits per heavy atom. The van der Waals surface area contributed by atoms with Gasteiger partial charge in [-0.25, -0.2) is 9.59 Å². The van der Waals surface area contributed by atoms with Gasteiger partial charge in [-0.05, 0) is 24.6 Å². The largest absolute Gasteiger partial charge is 0.479 e. The van der Waals surface area contributed by atoms with Gasteiger partial charge >= 0.3 is 12.0 Å². The Hall–Kier alpha value is -1.60. The second-order valence-electron chi connectivity index (χ2n) is 4.68. The van der Waals surface area contributed by atoms with E-state index >= 15 is 0 Å². The molecule has 0 radical (unpaired) electrons. The van der Waals surface area contributed by atoms with Crippen LogP contribution in [-0.4, -0.2) is 35.9 Å². The van der Waals surface area contributed by atoms with Gasteiger partial charge in [0.2, 0.25) is 0 Å². The van der Waals surface area contributed by atoms with E-state index in [1.807, 2.05) is 13.0 Å². The average Bonchev–Trinajstić information content (AvgIpc) is 2.85. The van der Waals surface area contributed by atoms with Gasteiger partial charge in [-0.15, -0.1) is 0 Å². The number of aliphatic carboxylic acids is 1.